The predicted octanol–water partition coefficient (Wildman–Crippen LogP) is 3.76. The number of halogens is 2. The first-order valence-corrected chi connectivity index (χ1v) is 8.28. The van der Waals surface area contributed by atoms with Crippen molar-refractivity contribution in [2.75, 3.05) is 19.7 Å². The molecule has 0 N–H and O–H groups in total. The summed E-state index contributed by atoms with van der Waals surface area (Å²) in [7, 11) is 0. The molecular weight excluding hydrogens is 343 g/mol. The Morgan fingerprint density at radius 1 is 1.36 bits per heavy atom. The van der Waals surface area contributed by atoms with Crippen LogP contribution < -0.4 is 0 Å². The summed E-state index contributed by atoms with van der Waals surface area (Å²) < 4.78 is 19.1. The van der Waals surface area contributed by atoms with E-state index in [0.717, 1.165) is 11.1 Å². The van der Waals surface area contributed by atoms with Gasteiger partial charge < -0.3 is 9.64 Å². The summed E-state index contributed by atoms with van der Waals surface area (Å²) in [5, 5.41) is 8.84. The molecule has 1 saturated heterocycles. The molecule has 1 aliphatic rings. The molecule has 0 bridgehead atoms. The van der Waals surface area contributed by atoms with E-state index < -0.39 is 5.82 Å². The predicted molar refractivity (Wildman–Crippen MR) is 91.8 cm³/mol. The van der Waals surface area contributed by atoms with E-state index in [9.17, 15) is 9.18 Å². The highest BCUT2D eigenvalue weighted by molar-refractivity contribution is 6.30. The van der Waals surface area contributed by atoms with Gasteiger partial charge in [-0.05, 0) is 35.4 Å². The third kappa shape index (κ3) is 3.98. The normalized spacial score (nSPS) is 17.2. The van der Waals surface area contributed by atoms with E-state index in [2.05, 4.69) is 6.07 Å². The van der Waals surface area contributed by atoms with Crippen LogP contribution in [0.25, 0.3) is 0 Å². The number of hydrogen-bond acceptors (Lipinski definition) is 3. The Labute approximate surface area is 150 Å². The first-order valence-electron chi connectivity index (χ1n) is 7.90. The van der Waals surface area contributed by atoms with Crippen LogP contribution in [0.15, 0.2) is 42.5 Å². The number of carbonyl (C=O) groups is 1. The number of benzene rings is 2. The number of carbonyl (C=O) groups excluding carboxylic acids is 1. The second-order valence-electron chi connectivity index (χ2n) is 5.82. The number of nitriles is 1. The van der Waals surface area contributed by atoms with Crippen molar-refractivity contribution < 1.29 is 13.9 Å². The molecule has 0 saturated carbocycles. The minimum absolute atomic E-state index is 0.0359. The number of amides is 1. The largest absolute Gasteiger partial charge is 0.370 e. The van der Waals surface area contributed by atoms with Gasteiger partial charge in [0.15, 0.2) is 0 Å². The van der Waals surface area contributed by atoms with E-state index in [1.165, 1.54) is 12.1 Å². The van der Waals surface area contributed by atoms with Gasteiger partial charge in [0.25, 0.3) is 5.91 Å². The minimum Gasteiger partial charge on any atom is -0.370 e. The number of morpholine rings is 1. The smallest absolute Gasteiger partial charge is 0.254 e. The number of ether oxygens (including phenoxy) is 1. The third-order valence-electron chi connectivity index (χ3n) is 4.13. The molecule has 4 nitrogen and oxygen atoms in total. The van der Waals surface area contributed by atoms with Crippen LogP contribution in [0.4, 0.5) is 4.39 Å². The molecule has 128 valence electrons. The second kappa shape index (κ2) is 7.64. The Hall–Kier alpha value is -2.42. The lowest BCUT2D eigenvalue weighted by Crippen LogP contribution is -2.42. The summed E-state index contributed by atoms with van der Waals surface area (Å²) in [6, 6.07) is 13.6. The maximum atomic E-state index is 13.3. The molecule has 25 heavy (non-hydrogen) atoms. The molecule has 2 aromatic rings. The van der Waals surface area contributed by atoms with Gasteiger partial charge in [0.05, 0.1) is 30.7 Å². The molecule has 0 spiro atoms. The van der Waals surface area contributed by atoms with Crippen molar-refractivity contribution in [3.8, 4) is 6.07 Å². The van der Waals surface area contributed by atoms with Crippen LogP contribution in [-0.2, 0) is 11.2 Å². The highest BCUT2D eigenvalue weighted by Gasteiger charge is 2.26. The van der Waals surface area contributed by atoms with Crippen LogP contribution in [0.5, 0.6) is 0 Å². The van der Waals surface area contributed by atoms with Gasteiger partial charge >= 0.3 is 0 Å². The van der Waals surface area contributed by atoms with Crippen molar-refractivity contribution in [2.45, 2.75) is 12.5 Å². The van der Waals surface area contributed by atoms with Crippen molar-refractivity contribution >= 4 is 17.5 Å². The van der Waals surface area contributed by atoms with Crippen LogP contribution in [0, 0.1) is 17.1 Å². The second-order valence-corrected chi connectivity index (χ2v) is 6.23. The van der Waals surface area contributed by atoms with Gasteiger partial charge in [-0.15, -0.1) is 0 Å². The summed E-state index contributed by atoms with van der Waals surface area (Å²) >= 11 is 5.84. The Morgan fingerprint density at radius 3 is 2.96 bits per heavy atom. The molecular formula is C19H16ClFN2O2. The van der Waals surface area contributed by atoms with Crippen molar-refractivity contribution in [1.82, 2.24) is 4.90 Å². The zero-order valence-electron chi connectivity index (χ0n) is 13.4. The Morgan fingerprint density at radius 2 is 2.20 bits per heavy atom. The average molecular weight is 359 g/mol. The van der Waals surface area contributed by atoms with Crippen LogP contribution >= 0.6 is 11.6 Å². The lowest BCUT2D eigenvalue weighted by molar-refractivity contribution is -0.0228. The lowest BCUT2D eigenvalue weighted by atomic mass is 10.1. The molecule has 1 aliphatic heterocycles. The first-order chi connectivity index (χ1) is 12.1. The van der Waals surface area contributed by atoms with E-state index in [-0.39, 0.29) is 23.5 Å². The van der Waals surface area contributed by atoms with Gasteiger partial charge in [0.2, 0.25) is 0 Å². The maximum absolute atomic E-state index is 13.3. The van der Waals surface area contributed by atoms with Crippen molar-refractivity contribution in [3.63, 3.8) is 0 Å². The number of rotatable bonds is 3. The van der Waals surface area contributed by atoms with Crippen LogP contribution in [0.2, 0.25) is 5.02 Å². The Kier molecular flexibility index (Phi) is 5.32. The van der Waals surface area contributed by atoms with Crippen molar-refractivity contribution in [2.24, 2.45) is 0 Å². The monoisotopic (exact) mass is 358 g/mol. The summed E-state index contributed by atoms with van der Waals surface area (Å²) in [6.07, 6.45) is -0.0842. The third-order valence-corrected chi connectivity index (χ3v) is 4.42. The van der Waals surface area contributed by atoms with Gasteiger partial charge in [0.1, 0.15) is 11.9 Å². The molecule has 1 heterocycles. The van der Waals surface area contributed by atoms with Crippen LogP contribution in [0.3, 0.4) is 0 Å². The van der Waals surface area contributed by atoms with Gasteiger partial charge in [-0.2, -0.15) is 5.26 Å². The molecule has 2 aromatic carbocycles. The van der Waals surface area contributed by atoms with Crippen LogP contribution in [0.1, 0.15) is 27.6 Å². The summed E-state index contributed by atoms with van der Waals surface area (Å²) in [5.41, 5.74) is 2.09. The zero-order valence-corrected chi connectivity index (χ0v) is 14.2. The fourth-order valence-corrected chi connectivity index (χ4v) is 3.03. The number of hydrogen-bond donors (Lipinski definition) is 0. The lowest BCUT2D eigenvalue weighted by Gasteiger charge is -2.33. The fourth-order valence-electron chi connectivity index (χ4n) is 2.84. The SMILES string of the molecule is N#CCc1cccc(C(=O)N2CCOC(c3ccc(F)c(Cl)c3)C2)c1. The van der Waals surface area contributed by atoms with E-state index >= 15 is 0 Å². The molecule has 1 unspecified atom stereocenters. The standard InChI is InChI=1S/C19H16ClFN2O2/c20-16-11-14(4-5-17(16)21)18-12-23(8-9-25-18)19(24)15-3-1-2-13(10-15)6-7-22/h1-5,10-11,18H,6,8-9,12H2. The van der Waals surface area contributed by atoms with Crippen LogP contribution in [-0.4, -0.2) is 30.5 Å². The number of nitrogens with zero attached hydrogens (tertiary/aromatic N) is 2. The molecule has 1 amide bonds. The van der Waals surface area contributed by atoms with E-state index in [1.807, 2.05) is 6.07 Å². The van der Waals surface area contributed by atoms with Gasteiger partial charge in [-0.25, -0.2) is 4.39 Å². The first kappa shape index (κ1) is 17.4. The van der Waals surface area contributed by atoms with E-state index in [0.29, 0.717) is 25.3 Å². The van der Waals surface area contributed by atoms with Crippen molar-refractivity contribution in [1.29, 1.82) is 5.26 Å². The fraction of sp³-hybridized carbons (Fsp3) is 0.263. The molecule has 6 heteroatoms. The maximum Gasteiger partial charge on any atom is 0.254 e. The molecule has 1 atom stereocenters. The average Bonchev–Trinajstić information content (AvgIpc) is 2.64. The molecule has 3 rings (SSSR count). The van der Waals surface area contributed by atoms with Gasteiger partial charge in [-0.1, -0.05) is 29.8 Å². The minimum atomic E-state index is -0.483. The Bertz CT molecular complexity index is 834. The van der Waals surface area contributed by atoms with Gasteiger partial charge in [0, 0.05) is 12.1 Å². The molecule has 0 radical (unpaired) electrons. The zero-order chi connectivity index (χ0) is 17.8. The van der Waals surface area contributed by atoms with E-state index in [4.69, 9.17) is 21.6 Å². The summed E-state index contributed by atoms with van der Waals surface area (Å²) in [6.45, 7) is 1.24. The Balaban J connectivity index is 1.76. The van der Waals surface area contributed by atoms with Gasteiger partial charge in [-0.3, -0.25) is 4.79 Å². The highest BCUT2D eigenvalue weighted by atomic mass is 35.5. The highest BCUT2D eigenvalue weighted by Crippen LogP contribution is 2.27. The molecule has 0 aliphatic carbocycles. The summed E-state index contributed by atoms with van der Waals surface area (Å²) in [5.74, 6) is -0.593. The molecule has 0 aromatic heterocycles. The topological polar surface area (TPSA) is 53.3 Å². The quantitative estimate of drug-likeness (QED) is 0.839. The van der Waals surface area contributed by atoms with Crippen molar-refractivity contribution in [3.05, 3.63) is 70.0 Å². The molecule has 1 fully saturated rings. The van der Waals surface area contributed by atoms with E-state index in [1.54, 1.807) is 29.2 Å². The summed E-state index contributed by atoms with van der Waals surface area (Å²) in [4.78, 5) is 14.5.